The van der Waals surface area contributed by atoms with E-state index in [4.69, 9.17) is 14.8 Å². The van der Waals surface area contributed by atoms with Gasteiger partial charge in [0.25, 0.3) is 5.56 Å². The number of carboxylic acids is 1. The summed E-state index contributed by atoms with van der Waals surface area (Å²) in [5, 5.41) is 14.2. The van der Waals surface area contributed by atoms with Crippen LogP contribution in [0.2, 0.25) is 0 Å². The van der Waals surface area contributed by atoms with Gasteiger partial charge in [0.1, 0.15) is 18.2 Å². The van der Waals surface area contributed by atoms with Crippen molar-refractivity contribution < 1.29 is 14.6 Å². The molecule has 9 heteroatoms. The summed E-state index contributed by atoms with van der Waals surface area (Å²) in [5.74, 6) is 0.386. The second kappa shape index (κ2) is 11.9. The van der Waals surface area contributed by atoms with Gasteiger partial charge in [-0.05, 0) is 86.5 Å². The van der Waals surface area contributed by atoms with E-state index < -0.39 is 5.97 Å². The SMILES string of the molecule is CCCc1nc2ccc(Br)cc2c(=O)n1N=Cc1cc(C)n(-c2ccc(OCc3ccc(C(=O)O)cc3)cc2)c1C. The van der Waals surface area contributed by atoms with E-state index in [-0.39, 0.29) is 11.1 Å². The van der Waals surface area contributed by atoms with Crippen LogP contribution in [0.3, 0.4) is 0 Å². The Kier molecular flexibility index (Phi) is 8.16. The zero-order valence-corrected chi connectivity index (χ0v) is 24.6. The first-order valence-electron chi connectivity index (χ1n) is 13.2. The Morgan fingerprint density at radius 3 is 2.46 bits per heavy atom. The number of aryl methyl sites for hydroxylation is 2. The number of fused-ring (bicyclic) bond motifs is 1. The number of hydrogen-bond acceptors (Lipinski definition) is 5. The number of halogens is 1. The topological polar surface area (TPSA) is 98.7 Å². The van der Waals surface area contributed by atoms with Crippen LogP contribution in [0.5, 0.6) is 5.75 Å². The van der Waals surface area contributed by atoms with Crippen molar-refractivity contribution in [3.05, 3.63) is 122 Å². The molecule has 1 N–H and O–H groups in total. The summed E-state index contributed by atoms with van der Waals surface area (Å²) < 4.78 is 10.2. The highest BCUT2D eigenvalue weighted by Crippen LogP contribution is 2.23. The van der Waals surface area contributed by atoms with Crippen molar-refractivity contribution in [2.45, 2.75) is 40.2 Å². The Balaban J connectivity index is 1.37. The van der Waals surface area contributed by atoms with E-state index >= 15 is 0 Å². The molecule has 41 heavy (non-hydrogen) atoms. The number of benzene rings is 3. The minimum absolute atomic E-state index is 0.196. The van der Waals surface area contributed by atoms with E-state index in [0.717, 1.165) is 39.1 Å². The molecule has 0 bridgehead atoms. The maximum atomic E-state index is 13.3. The molecule has 0 radical (unpaired) electrons. The first-order chi connectivity index (χ1) is 19.7. The van der Waals surface area contributed by atoms with Crippen LogP contribution in [-0.4, -0.2) is 31.5 Å². The molecule has 208 valence electrons. The molecule has 0 aliphatic carbocycles. The lowest BCUT2D eigenvalue weighted by Crippen LogP contribution is -2.22. The average molecular weight is 614 g/mol. The molecule has 0 atom stereocenters. The molecule has 0 aliphatic rings. The number of aromatic nitrogens is 3. The third kappa shape index (κ3) is 6.00. The van der Waals surface area contributed by atoms with Gasteiger partial charge in [0.15, 0.2) is 0 Å². The summed E-state index contributed by atoms with van der Waals surface area (Å²) in [6.07, 6.45) is 3.20. The minimum atomic E-state index is -0.952. The third-order valence-electron chi connectivity index (χ3n) is 6.83. The van der Waals surface area contributed by atoms with Gasteiger partial charge in [-0.25, -0.2) is 9.78 Å². The normalized spacial score (nSPS) is 11.4. The van der Waals surface area contributed by atoms with E-state index in [1.807, 2.05) is 56.3 Å². The summed E-state index contributed by atoms with van der Waals surface area (Å²) in [5.41, 5.74) is 5.48. The van der Waals surface area contributed by atoms with E-state index in [9.17, 15) is 9.59 Å². The molecular weight excluding hydrogens is 584 g/mol. The molecular formula is C32H29BrN4O4. The standard InChI is InChI=1S/C32H29BrN4O4/c1-4-5-30-35-29-15-10-25(33)17-28(29)31(38)37(30)34-18-24-16-20(2)36(21(24)3)26-11-13-27(14-12-26)41-19-22-6-8-23(9-7-22)32(39)40/h6-18H,4-5,19H2,1-3H3,(H,39,40). The number of rotatable bonds is 9. The Morgan fingerprint density at radius 1 is 1.05 bits per heavy atom. The Labute approximate surface area is 245 Å². The first kappa shape index (κ1) is 28.0. The van der Waals surface area contributed by atoms with E-state index in [1.54, 1.807) is 36.5 Å². The minimum Gasteiger partial charge on any atom is -0.489 e. The monoisotopic (exact) mass is 612 g/mol. The third-order valence-corrected chi connectivity index (χ3v) is 7.33. The van der Waals surface area contributed by atoms with E-state index in [1.165, 1.54) is 4.68 Å². The highest BCUT2D eigenvalue weighted by molar-refractivity contribution is 9.10. The fraction of sp³-hybridized carbons (Fsp3) is 0.188. The summed E-state index contributed by atoms with van der Waals surface area (Å²) in [7, 11) is 0. The molecule has 0 aliphatic heterocycles. The van der Waals surface area contributed by atoms with Crippen LogP contribution >= 0.6 is 15.9 Å². The average Bonchev–Trinajstić information content (AvgIpc) is 3.25. The predicted molar refractivity (Wildman–Crippen MR) is 164 cm³/mol. The lowest BCUT2D eigenvalue weighted by molar-refractivity contribution is 0.0697. The molecule has 0 fully saturated rings. The Bertz CT molecular complexity index is 1820. The quantitative estimate of drug-likeness (QED) is 0.187. The van der Waals surface area contributed by atoms with Crippen LogP contribution in [-0.2, 0) is 13.0 Å². The van der Waals surface area contributed by atoms with Gasteiger partial charge >= 0.3 is 5.97 Å². The smallest absolute Gasteiger partial charge is 0.335 e. The highest BCUT2D eigenvalue weighted by Gasteiger charge is 2.13. The van der Waals surface area contributed by atoms with Crippen molar-refractivity contribution in [3.8, 4) is 11.4 Å². The number of ether oxygens (including phenoxy) is 1. The van der Waals surface area contributed by atoms with E-state index in [2.05, 4.69) is 32.5 Å². The zero-order chi connectivity index (χ0) is 29.1. The summed E-state index contributed by atoms with van der Waals surface area (Å²) >= 11 is 3.45. The van der Waals surface area contributed by atoms with Crippen LogP contribution in [0.25, 0.3) is 16.6 Å². The van der Waals surface area contributed by atoms with Gasteiger partial charge in [0.2, 0.25) is 0 Å². The molecule has 2 aromatic heterocycles. The lowest BCUT2D eigenvalue weighted by Gasteiger charge is -2.12. The van der Waals surface area contributed by atoms with Crippen LogP contribution in [0.4, 0.5) is 0 Å². The van der Waals surface area contributed by atoms with Gasteiger partial charge in [-0.1, -0.05) is 35.0 Å². The first-order valence-corrected chi connectivity index (χ1v) is 14.0. The van der Waals surface area contributed by atoms with Gasteiger partial charge in [0.05, 0.1) is 22.7 Å². The maximum absolute atomic E-state index is 13.3. The fourth-order valence-corrected chi connectivity index (χ4v) is 5.10. The Morgan fingerprint density at radius 2 is 1.78 bits per heavy atom. The van der Waals surface area contributed by atoms with Gasteiger partial charge in [-0.3, -0.25) is 4.79 Å². The van der Waals surface area contributed by atoms with Crippen LogP contribution in [0.15, 0.2) is 87.2 Å². The number of hydrogen-bond donors (Lipinski definition) is 1. The Hall–Kier alpha value is -4.50. The molecule has 0 amide bonds. The van der Waals surface area contributed by atoms with Crippen molar-refractivity contribution in [2.75, 3.05) is 0 Å². The molecule has 8 nitrogen and oxygen atoms in total. The number of carboxylic acid groups (broad SMARTS) is 1. The number of nitrogens with zero attached hydrogens (tertiary/aromatic N) is 4. The predicted octanol–water partition coefficient (Wildman–Crippen LogP) is 6.68. The van der Waals surface area contributed by atoms with Gasteiger partial charge in [-0.2, -0.15) is 9.78 Å². The molecule has 0 saturated heterocycles. The van der Waals surface area contributed by atoms with Crippen molar-refractivity contribution in [1.82, 2.24) is 14.2 Å². The highest BCUT2D eigenvalue weighted by atomic mass is 79.9. The van der Waals surface area contributed by atoms with Gasteiger partial charge in [0, 0.05) is 33.5 Å². The summed E-state index contributed by atoms with van der Waals surface area (Å²) in [4.78, 5) is 29.1. The molecule has 2 heterocycles. The van der Waals surface area contributed by atoms with Crippen LogP contribution < -0.4 is 10.3 Å². The van der Waals surface area contributed by atoms with E-state index in [0.29, 0.717) is 35.5 Å². The maximum Gasteiger partial charge on any atom is 0.335 e. The summed E-state index contributed by atoms with van der Waals surface area (Å²) in [6, 6.07) is 22.0. The van der Waals surface area contributed by atoms with Crippen molar-refractivity contribution in [2.24, 2.45) is 5.10 Å². The number of aromatic carboxylic acids is 1. The summed E-state index contributed by atoms with van der Waals surface area (Å²) in [6.45, 7) is 6.43. The van der Waals surface area contributed by atoms with Gasteiger partial charge < -0.3 is 14.4 Å². The van der Waals surface area contributed by atoms with Crippen LogP contribution in [0.1, 0.15) is 52.0 Å². The largest absolute Gasteiger partial charge is 0.489 e. The second-order valence-electron chi connectivity index (χ2n) is 9.75. The van der Waals surface area contributed by atoms with Crippen LogP contribution in [0, 0.1) is 13.8 Å². The van der Waals surface area contributed by atoms with Crippen molar-refractivity contribution in [1.29, 1.82) is 0 Å². The fourth-order valence-electron chi connectivity index (χ4n) is 4.74. The van der Waals surface area contributed by atoms with Crippen molar-refractivity contribution in [3.63, 3.8) is 0 Å². The second-order valence-corrected chi connectivity index (χ2v) is 10.7. The zero-order valence-electron chi connectivity index (χ0n) is 23.0. The lowest BCUT2D eigenvalue weighted by atomic mass is 10.1. The molecule has 0 spiro atoms. The molecule has 5 rings (SSSR count). The molecule has 0 saturated carbocycles. The molecule has 0 unspecified atom stereocenters. The molecule has 5 aromatic rings. The number of carbonyl (C=O) groups is 1. The van der Waals surface area contributed by atoms with Gasteiger partial charge in [-0.15, -0.1) is 0 Å². The van der Waals surface area contributed by atoms with Crippen molar-refractivity contribution >= 4 is 39.0 Å². The molecule has 3 aromatic carbocycles.